The number of benzene rings is 1. The zero-order valence-electron chi connectivity index (χ0n) is 14.2. The number of ether oxygens (including phenoxy) is 4. The van der Waals surface area contributed by atoms with Crippen molar-refractivity contribution in [3.63, 3.8) is 0 Å². The topological polar surface area (TPSA) is 54.0 Å². The molecule has 126 valence electrons. The Morgan fingerprint density at radius 1 is 0.667 bits per heavy atom. The van der Waals surface area contributed by atoms with Crippen molar-refractivity contribution >= 4 is 12.2 Å². The number of hydrogen-bond donors (Lipinski definition) is 0. The van der Waals surface area contributed by atoms with Crippen LogP contribution < -0.4 is 24.4 Å². The Hall–Kier alpha value is -2.95. The Labute approximate surface area is 141 Å². The largest absolute Gasteiger partial charge is 0.493 e. The van der Waals surface area contributed by atoms with Gasteiger partial charge in [0.05, 0.1) is 28.4 Å². The Kier molecular flexibility index (Phi) is 5.84. The summed E-state index contributed by atoms with van der Waals surface area (Å²) < 4.78 is 21.0. The molecule has 24 heavy (non-hydrogen) atoms. The standard InChI is InChI=1S/C19H20O5/c1-21-16-10-8-13(7-9-15(16)20)5-6-14-11-17(22-2)19(24-4)18(12-14)23-3/h5-12H,1-4H3/b6-5+. The summed E-state index contributed by atoms with van der Waals surface area (Å²) in [4.78, 5) is 11.7. The highest BCUT2D eigenvalue weighted by Crippen LogP contribution is 2.38. The summed E-state index contributed by atoms with van der Waals surface area (Å²) in [5.74, 6) is 2.02. The molecule has 0 aliphatic heterocycles. The van der Waals surface area contributed by atoms with Crippen LogP contribution in [0.3, 0.4) is 0 Å². The minimum absolute atomic E-state index is 0.162. The van der Waals surface area contributed by atoms with Crippen LogP contribution in [-0.2, 0) is 0 Å². The number of methoxy groups -OCH3 is 4. The highest BCUT2D eigenvalue weighted by molar-refractivity contribution is 5.72. The zero-order chi connectivity index (χ0) is 17.5. The first-order valence-corrected chi connectivity index (χ1v) is 7.29. The first-order chi connectivity index (χ1) is 11.6. The predicted molar refractivity (Wildman–Crippen MR) is 94.3 cm³/mol. The molecule has 0 N–H and O–H groups in total. The Balaban J connectivity index is 2.39. The molecule has 0 saturated carbocycles. The third kappa shape index (κ3) is 3.87. The van der Waals surface area contributed by atoms with Gasteiger partial charge in [0.15, 0.2) is 17.2 Å². The molecule has 0 heterocycles. The third-order valence-electron chi connectivity index (χ3n) is 3.47. The molecule has 0 bridgehead atoms. The van der Waals surface area contributed by atoms with Gasteiger partial charge >= 0.3 is 0 Å². The molecule has 5 nitrogen and oxygen atoms in total. The fourth-order valence-electron chi connectivity index (χ4n) is 2.23. The second-order valence-corrected chi connectivity index (χ2v) is 4.89. The quantitative estimate of drug-likeness (QED) is 0.815. The van der Waals surface area contributed by atoms with Crippen LogP contribution in [0.15, 0.2) is 41.2 Å². The molecule has 0 amide bonds. The normalized spacial score (nSPS) is 10.5. The van der Waals surface area contributed by atoms with E-state index in [0.29, 0.717) is 23.0 Å². The third-order valence-corrected chi connectivity index (χ3v) is 3.47. The summed E-state index contributed by atoms with van der Waals surface area (Å²) >= 11 is 0. The van der Waals surface area contributed by atoms with Gasteiger partial charge in [0.25, 0.3) is 0 Å². The van der Waals surface area contributed by atoms with Crippen LogP contribution in [0.4, 0.5) is 0 Å². The molecular formula is C19H20O5. The van der Waals surface area contributed by atoms with Crippen molar-refractivity contribution in [2.24, 2.45) is 0 Å². The molecule has 0 aromatic heterocycles. The van der Waals surface area contributed by atoms with E-state index in [4.69, 9.17) is 18.9 Å². The first-order valence-electron chi connectivity index (χ1n) is 7.29. The molecule has 0 unspecified atom stereocenters. The summed E-state index contributed by atoms with van der Waals surface area (Å²) in [6.45, 7) is 0. The highest BCUT2D eigenvalue weighted by Gasteiger charge is 2.11. The van der Waals surface area contributed by atoms with Gasteiger partial charge in [-0.2, -0.15) is 0 Å². The molecule has 5 heteroatoms. The molecule has 0 fully saturated rings. The Morgan fingerprint density at radius 3 is 1.75 bits per heavy atom. The summed E-state index contributed by atoms with van der Waals surface area (Å²) in [5, 5.41) is 0. The average Bonchev–Trinajstić information content (AvgIpc) is 2.80. The SMILES string of the molecule is COc1cc(/C=C/c2ccc(OC)c(=O)cc2)cc(OC)c1OC. The van der Waals surface area contributed by atoms with E-state index in [1.54, 1.807) is 33.5 Å². The zero-order valence-corrected chi connectivity index (χ0v) is 14.2. The second kappa shape index (κ2) is 8.06. The van der Waals surface area contributed by atoms with Crippen molar-refractivity contribution in [1.29, 1.82) is 0 Å². The van der Waals surface area contributed by atoms with E-state index < -0.39 is 0 Å². The van der Waals surface area contributed by atoms with Crippen molar-refractivity contribution in [2.45, 2.75) is 0 Å². The van der Waals surface area contributed by atoms with E-state index in [2.05, 4.69) is 0 Å². The molecule has 2 aromatic carbocycles. The summed E-state index contributed by atoms with van der Waals surface area (Å²) in [6, 6.07) is 10.4. The lowest BCUT2D eigenvalue weighted by Gasteiger charge is -2.12. The average molecular weight is 328 g/mol. The lowest BCUT2D eigenvalue weighted by atomic mass is 10.1. The van der Waals surface area contributed by atoms with Crippen LogP contribution in [0.1, 0.15) is 11.1 Å². The van der Waals surface area contributed by atoms with Gasteiger partial charge < -0.3 is 18.9 Å². The summed E-state index contributed by atoms with van der Waals surface area (Å²) in [5.41, 5.74) is 1.58. The van der Waals surface area contributed by atoms with Gasteiger partial charge in [-0.1, -0.05) is 24.3 Å². The molecule has 2 aromatic rings. The highest BCUT2D eigenvalue weighted by atomic mass is 16.5. The molecule has 0 radical (unpaired) electrons. The number of rotatable bonds is 6. The fraction of sp³-hybridized carbons (Fsp3) is 0.211. The molecule has 0 aliphatic carbocycles. The maximum absolute atomic E-state index is 11.7. The van der Waals surface area contributed by atoms with Gasteiger partial charge in [-0.05, 0) is 35.4 Å². The van der Waals surface area contributed by atoms with Crippen LogP contribution >= 0.6 is 0 Å². The van der Waals surface area contributed by atoms with E-state index in [1.807, 2.05) is 30.4 Å². The van der Waals surface area contributed by atoms with Gasteiger partial charge in [-0.15, -0.1) is 0 Å². The maximum atomic E-state index is 11.7. The van der Waals surface area contributed by atoms with E-state index >= 15 is 0 Å². The van der Waals surface area contributed by atoms with Crippen molar-refractivity contribution < 1.29 is 18.9 Å². The maximum Gasteiger partial charge on any atom is 0.220 e. The van der Waals surface area contributed by atoms with Crippen LogP contribution in [-0.4, -0.2) is 28.4 Å². The van der Waals surface area contributed by atoms with Gasteiger partial charge in [-0.25, -0.2) is 0 Å². The summed E-state index contributed by atoms with van der Waals surface area (Å²) in [7, 11) is 6.18. The monoisotopic (exact) mass is 328 g/mol. The van der Waals surface area contributed by atoms with Crippen LogP contribution in [0, 0.1) is 0 Å². The molecule has 0 spiro atoms. The minimum atomic E-state index is -0.162. The first kappa shape index (κ1) is 17.4. The van der Waals surface area contributed by atoms with Crippen molar-refractivity contribution in [3.05, 3.63) is 57.7 Å². The van der Waals surface area contributed by atoms with Gasteiger partial charge in [0.2, 0.25) is 11.2 Å². The molecule has 2 rings (SSSR count). The van der Waals surface area contributed by atoms with Crippen molar-refractivity contribution in [1.82, 2.24) is 0 Å². The molecule has 0 saturated heterocycles. The minimum Gasteiger partial charge on any atom is -0.493 e. The van der Waals surface area contributed by atoms with Crippen LogP contribution in [0.5, 0.6) is 23.0 Å². The van der Waals surface area contributed by atoms with Crippen LogP contribution in [0.2, 0.25) is 0 Å². The van der Waals surface area contributed by atoms with E-state index in [1.165, 1.54) is 13.2 Å². The van der Waals surface area contributed by atoms with Gasteiger partial charge in [-0.3, -0.25) is 4.79 Å². The van der Waals surface area contributed by atoms with Gasteiger partial charge in [0, 0.05) is 0 Å². The predicted octanol–water partition coefficient (Wildman–Crippen LogP) is 3.25. The van der Waals surface area contributed by atoms with E-state index in [-0.39, 0.29) is 5.43 Å². The molecular weight excluding hydrogens is 308 g/mol. The lowest BCUT2D eigenvalue weighted by molar-refractivity contribution is 0.324. The van der Waals surface area contributed by atoms with Crippen molar-refractivity contribution in [3.8, 4) is 23.0 Å². The lowest BCUT2D eigenvalue weighted by Crippen LogP contribution is -1.98. The number of hydrogen-bond acceptors (Lipinski definition) is 5. The molecule has 0 atom stereocenters. The van der Waals surface area contributed by atoms with Crippen molar-refractivity contribution in [2.75, 3.05) is 28.4 Å². The fourth-order valence-corrected chi connectivity index (χ4v) is 2.23. The summed E-state index contributed by atoms with van der Waals surface area (Å²) in [6.07, 6.45) is 3.79. The van der Waals surface area contributed by atoms with E-state index in [9.17, 15) is 4.79 Å². The van der Waals surface area contributed by atoms with Gasteiger partial charge in [0.1, 0.15) is 0 Å². The molecule has 0 aliphatic rings. The second-order valence-electron chi connectivity index (χ2n) is 4.89. The van der Waals surface area contributed by atoms with E-state index in [0.717, 1.165) is 11.1 Å². The Bertz CT molecular complexity index is 771. The van der Waals surface area contributed by atoms with Crippen LogP contribution in [0.25, 0.3) is 12.2 Å². The Morgan fingerprint density at radius 2 is 1.21 bits per heavy atom. The smallest absolute Gasteiger partial charge is 0.220 e.